The maximum absolute atomic E-state index is 13.2. The molecule has 9 heteroatoms. The van der Waals surface area contributed by atoms with Crippen LogP contribution in [0.2, 0.25) is 0 Å². The number of para-hydroxylation sites is 1. The van der Waals surface area contributed by atoms with Crippen molar-refractivity contribution in [3.05, 3.63) is 53.9 Å². The van der Waals surface area contributed by atoms with Crippen LogP contribution in [0.1, 0.15) is 36.3 Å². The molecule has 1 aliphatic rings. The van der Waals surface area contributed by atoms with Gasteiger partial charge in [-0.3, -0.25) is 4.79 Å². The fraction of sp³-hybridized carbons (Fsp3) is 0.350. The summed E-state index contributed by atoms with van der Waals surface area (Å²) in [6.45, 7) is 5.73. The number of hydrogen-bond acceptors (Lipinski definition) is 5. The first-order chi connectivity index (χ1) is 13.9. The molecule has 0 bridgehead atoms. The van der Waals surface area contributed by atoms with Crippen molar-refractivity contribution in [1.82, 2.24) is 19.9 Å². The first kappa shape index (κ1) is 19.3. The van der Waals surface area contributed by atoms with Gasteiger partial charge in [-0.2, -0.15) is 0 Å². The molecular formula is C20H22F2N6O. The van der Waals surface area contributed by atoms with Crippen molar-refractivity contribution >= 4 is 23.1 Å². The molecular weight excluding hydrogens is 378 g/mol. The highest BCUT2D eigenvalue weighted by Crippen LogP contribution is 2.27. The normalized spacial score (nSPS) is 19.7. The molecule has 29 heavy (non-hydrogen) atoms. The van der Waals surface area contributed by atoms with Crippen molar-refractivity contribution in [3.63, 3.8) is 0 Å². The van der Waals surface area contributed by atoms with Crippen molar-refractivity contribution in [2.45, 2.75) is 32.4 Å². The Labute approximate surface area is 166 Å². The summed E-state index contributed by atoms with van der Waals surface area (Å²) in [5.41, 5.74) is 0.766. The van der Waals surface area contributed by atoms with Gasteiger partial charge >= 0.3 is 0 Å². The highest BCUT2D eigenvalue weighted by atomic mass is 19.3. The molecule has 3 heterocycles. The third-order valence-electron chi connectivity index (χ3n) is 5.08. The minimum Gasteiger partial charge on any atom is -0.334 e. The van der Waals surface area contributed by atoms with Gasteiger partial charge < -0.3 is 15.5 Å². The summed E-state index contributed by atoms with van der Waals surface area (Å²) in [4.78, 5) is 19.3. The number of anilines is 2. The summed E-state index contributed by atoms with van der Waals surface area (Å²) in [6, 6.07) is 9.70. The quantitative estimate of drug-likeness (QED) is 0.704. The van der Waals surface area contributed by atoms with Crippen molar-refractivity contribution in [3.8, 4) is 0 Å². The van der Waals surface area contributed by atoms with Gasteiger partial charge in [0.2, 0.25) is 5.95 Å². The number of halogens is 2. The molecule has 4 rings (SSSR count). The monoisotopic (exact) mass is 400 g/mol. The molecule has 1 amide bonds. The molecule has 0 aliphatic carbocycles. The largest absolute Gasteiger partial charge is 0.334 e. The van der Waals surface area contributed by atoms with E-state index in [9.17, 15) is 13.6 Å². The van der Waals surface area contributed by atoms with Crippen LogP contribution < -0.4 is 15.5 Å². The highest BCUT2D eigenvalue weighted by molar-refractivity contribution is 6.04. The Balaban J connectivity index is 1.65. The van der Waals surface area contributed by atoms with E-state index in [-0.39, 0.29) is 23.0 Å². The summed E-state index contributed by atoms with van der Waals surface area (Å²) in [7, 11) is 0. The van der Waals surface area contributed by atoms with Gasteiger partial charge in [-0.05, 0) is 32.0 Å². The summed E-state index contributed by atoms with van der Waals surface area (Å²) in [5.74, 6) is 0.0149. The molecule has 1 aromatic carbocycles. The minimum atomic E-state index is -2.68. The van der Waals surface area contributed by atoms with Gasteiger partial charge in [-0.25, -0.2) is 18.3 Å². The number of amides is 1. The number of nitrogens with one attached hydrogen (secondary N) is 2. The Bertz CT molecular complexity index is 1040. The van der Waals surface area contributed by atoms with Gasteiger partial charge in [-0.1, -0.05) is 18.2 Å². The predicted octanol–water partition coefficient (Wildman–Crippen LogP) is 3.11. The predicted molar refractivity (Wildman–Crippen MR) is 107 cm³/mol. The molecule has 0 saturated carbocycles. The Kier molecular flexibility index (Phi) is 5.14. The van der Waals surface area contributed by atoms with Crippen LogP contribution in [0.5, 0.6) is 0 Å². The molecule has 1 fully saturated rings. The minimum absolute atomic E-state index is 0.0845. The standard InChI is InChI=1S/C20H22F2N6O/c1-12-11-27(13(2)9-23-12)20-24-10-14-7-8-17(28(14)26-20)19(29)25-16-6-4-3-5-15(16)18(21)22/h3-8,10,12-13,18,23H,9,11H2,1-2H3,(H,25,29)/t12-,13-/m1/s1. The molecule has 1 saturated heterocycles. The molecule has 3 aromatic rings. The molecule has 0 spiro atoms. The van der Waals surface area contributed by atoms with Crippen LogP contribution in [0.4, 0.5) is 20.4 Å². The van der Waals surface area contributed by atoms with Crippen LogP contribution in [-0.2, 0) is 0 Å². The van der Waals surface area contributed by atoms with E-state index in [1.807, 2.05) is 0 Å². The lowest BCUT2D eigenvalue weighted by Crippen LogP contribution is -2.55. The zero-order valence-electron chi connectivity index (χ0n) is 16.1. The SMILES string of the molecule is C[C@@H]1CN(c2ncc3ccc(C(=O)Nc4ccccc4C(F)F)n3n2)[C@H](C)CN1. The average molecular weight is 400 g/mol. The maximum atomic E-state index is 13.2. The van der Waals surface area contributed by atoms with E-state index in [0.29, 0.717) is 17.5 Å². The fourth-order valence-corrected chi connectivity index (χ4v) is 3.48. The van der Waals surface area contributed by atoms with Crippen LogP contribution in [0.25, 0.3) is 5.52 Å². The Hall–Kier alpha value is -3.07. The zero-order chi connectivity index (χ0) is 20.5. The van der Waals surface area contributed by atoms with Crippen LogP contribution in [0, 0.1) is 0 Å². The third kappa shape index (κ3) is 3.77. The zero-order valence-corrected chi connectivity index (χ0v) is 16.1. The Morgan fingerprint density at radius 3 is 2.83 bits per heavy atom. The van der Waals surface area contributed by atoms with Crippen LogP contribution in [0.3, 0.4) is 0 Å². The molecule has 2 N–H and O–H groups in total. The summed E-state index contributed by atoms with van der Waals surface area (Å²) >= 11 is 0. The van der Waals surface area contributed by atoms with Gasteiger partial charge in [0, 0.05) is 36.4 Å². The van der Waals surface area contributed by atoms with Gasteiger partial charge in [0.15, 0.2) is 0 Å². The maximum Gasteiger partial charge on any atom is 0.274 e. The van der Waals surface area contributed by atoms with Gasteiger partial charge in [-0.15, -0.1) is 5.10 Å². The molecule has 0 radical (unpaired) electrons. The summed E-state index contributed by atoms with van der Waals surface area (Å²) < 4.78 is 27.9. The molecule has 7 nitrogen and oxygen atoms in total. The number of rotatable bonds is 4. The number of fused-ring (bicyclic) bond motifs is 1. The van der Waals surface area contributed by atoms with E-state index >= 15 is 0 Å². The van der Waals surface area contributed by atoms with Gasteiger partial charge in [0.25, 0.3) is 12.3 Å². The fourth-order valence-electron chi connectivity index (χ4n) is 3.48. The smallest absolute Gasteiger partial charge is 0.274 e. The lowest BCUT2D eigenvalue weighted by molar-refractivity contribution is 0.101. The lowest BCUT2D eigenvalue weighted by Gasteiger charge is -2.37. The lowest BCUT2D eigenvalue weighted by atomic mass is 10.1. The topological polar surface area (TPSA) is 74.6 Å². The Morgan fingerprint density at radius 2 is 2.03 bits per heavy atom. The summed E-state index contributed by atoms with van der Waals surface area (Å²) in [5, 5.41) is 10.5. The first-order valence-corrected chi connectivity index (χ1v) is 9.47. The van der Waals surface area contributed by atoms with E-state index < -0.39 is 12.3 Å². The molecule has 152 valence electrons. The van der Waals surface area contributed by atoms with Gasteiger partial charge in [0.1, 0.15) is 5.69 Å². The second-order valence-corrected chi connectivity index (χ2v) is 7.27. The van der Waals surface area contributed by atoms with Crippen molar-refractivity contribution in [2.24, 2.45) is 0 Å². The molecule has 1 aliphatic heterocycles. The van der Waals surface area contributed by atoms with Crippen LogP contribution >= 0.6 is 0 Å². The summed E-state index contributed by atoms with van der Waals surface area (Å²) in [6.07, 6.45) is -1.02. The second kappa shape index (κ2) is 7.75. The first-order valence-electron chi connectivity index (χ1n) is 9.47. The van der Waals surface area contributed by atoms with E-state index in [0.717, 1.165) is 13.1 Å². The molecule has 0 unspecified atom stereocenters. The average Bonchev–Trinajstić information content (AvgIpc) is 3.13. The third-order valence-corrected chi connectivity index (χ3v) is 5.08. The van der Waals surface area contributed by atoms with Gasteiger partial charge in [0.05, 0.1) is 11.7 Å². The van der Waals surface area contributed by atoms with E-state index in [1.165, 1.54) is 22.7 Å². The van der Waals surface area contributed by atoms with Crippen LogP contribution in [0.15, 0.2) is 42.6 Å². The van der Waals surface area contributed by atoms with Crippen molar-refractivity contribution < 1.29 is 13.6 Å². The number of aromatic nitrogens is 3. The number of benzene rings is 1. The van der Waals surface area contributed by atoms with E-state index in [4.69, 9.17) is 0 Å². The molecule has 2 aromatic heterocycles. The second-order valence-electron chi connectivity index (χ2n) is 7.27. The number of carbonyl (C=O) groups excluding carboxylic acids is 1. The molecule has 2 atom stereocenters. The number of alkyl halides is 2. The van der Waals surface area contributed by atoms with Crippen molar-refractivity contribution in [1.29, 1.82) is 0 Å². The Morgan fingerprint density at radius 1 is 1.24 bits per heavy atom. The van der Waals surface area contributed by atoms with E-state index in [1.54, 1.807) is 24.4 Å². The number of nitrogens with zero attached hydrogens (tertiary/aromatic N) is 4. The number of carbonyl (C=O) groups is 1. The highest BCUT2D eigenvalue weighted by Gasteiger charge is 2.25. The number of piperazine rings is 1. The van der Waals surface area contributed by atoms with Crippen molar-refractivity contribution in [2.75, 3.05) is 23.3 Å². The van der Waals surface area contributed by atoms with E-state index in [2.05, 4.69) is 39.5 Å². The number of hydrogen-bond donors (Lipinski definition) is 2. The van der Waals surface area contributed by atoms with Crippen LogP contribution in [-0.4, -0.2) is 45.7 Å².